The molecule has 0 bridgehead atoms. The van der Waals surface area contributed by atoms with Crippen molar-refractivity contribution in [1.29, 1.82) is 0 Å². The SMILES string of the molecule is COCOc1cccc(/C=C/C(=O)c2ccc(OCOC)cc2O)c1. The third kappa shape index (κ3) is 5.63. The van der Waals surface area contributed by atoms with Crippen molar-refractivity contribution in [1.82, 2.24) is 0 Å². The van der Waals surface area contributed by atoms with E-state index in [4.69, 9.17) is 18.9 Å². The third-order valence-electron chi connectivity index (χ3n) is 3.21. The van der Waals surface area contributed by atoms with Crippen LogP contribution in [0.3, 0.4) is 0 Å². The molecule has 0 saturated heterocycles. The van der Waals surface area contributed by atoms with Gasteiger partial charge in [-0.15, -0.1) is 0 Å². The maximum Gasteiger partial charge on any atom is 0.189 e. The molecule has 0 aromatic heterocycles. The lowest BCUT2D eigenvalue weighted by Crippen LogP contribution is -2.00. The van der Waals surface area contributed by atoms with Gasteiger partial charge in [0, 0.05) is 20.3 Å². The maximum absolute atomic E-state index is 12.3. The molecule has 2 rings (SSSR count). The molecular formula is C19H20O6. The highest BCUT2D eigenvalue weighted by Crippen LogP contribution is 2.24. The molecule has 6 nitrogen and oxygen atoms in total. The highest BCUT2D eigenvalue weighted by Gasteiger charge is 2.09. The number of allylic oxidation sites excluding steroid dienone is 1. The fourth-order valence-corrected chi connectivity index (χ4v) is 2.03. The molecule has 0 radical (unpaired) electrons. The van der Waals surface area contributed by atoms with Crippen molar-refractivity contribution in [2.24, 2.45) is 0 Å². The number of carbonyl (C=O) groups is 1. The molecule has 0 amide bonds. The lowest BCUT2D eigenvalue weighted by atomic mass is 10.1. The normalized spacial score (nSPS) is 10.8. The van der Waals surface area contributed by atoms with Crippen LogP contribution in [0, 0.1) is 0 Å². The van der Waals surface area contributed by atoms with Gasteiger partial charge >= 0.3 is 0 Å². The molecule has 0 aliphatic carbocycles. The van der Waals surface area contributed by atoms with Gasteiger partial charge in [0.1, 0.15) is 17.2 Å². The van der Waals surface area contributed by atoms with Gasteiger partial charge in [0.2, 0.25) is 0 Å². The van der Waals surface area contributed by atoms with Gasteiger partial charge in [-0.2, -0.15) is 0 Å². The van der Waals surface area contributed by atoms with Crippen molar-refractivity contribution >= 4 is 11.9 Å². The van der Waals surface area contributed by atoms with Crippen molar-refractivity contribution < 1.29 is 28.8 Å². The molecule has 0 spiro atoms. The summed E-state index contributed by atoms with van der Waals surface area (Å²) in [7, 11) is 3.04. The predicted octanol–water partition coefficient (Wildman–Crippen LogP) is 3.25. The number of benzene rings is 2. The average Bonchev–Trinajstić information content (AvgIpc) is 2.63. The van der Waals surface area contributed by atoms with Crippen LogP contribution in [0.4, 0.5) is 0 Å². The fraction of sp³-hybridized carbons (Fsp3) is 0.211. The van der Waals surface area contributed by atoms with Gasteiger partial charge in [0.25, 0.3) is 0 Å². The Morgan fingerprint density at radius 1 is 1.00 bits per heavy atom. The summed E-state index contributed by atoms with van der Waals surface area (Å²) < 4.78 is 20.2. The van der Waals surface area contributed by atoms with E-state index >= 15 is 0 Å². The van der Waals surface area contributed by atoms with E-state index < -0.39 is 0 Å². The van der Waals surface area contributed by atoms with Gasteiger partial charge in [-0.25, -0.2) is 0 Å². The molecule has 25 heavy (non-hydrogen) atoms. The minimum Gasteiger partial charge on any atom is -0.507 e. The first-order valence-corrected chi connectivity index (χ1v) is 7.53. The number of methoxy groups -OCH3 is 2. The Balaban J connectivity index is 2.07. The quantitative estimate of drug-likeness (QED) is 0.428. The van der Waals surface area contributed by atoms with E-state index in [0.29, 0.717) is 11.5 Å². The molecule has 132 valence electrons. The number of ether oxygens (including phenoxy) is 4. The fourth-order valence-electron chi connectivity index (χ4n) is 2.03. The largest absolute Gasteiger partial charge is 0.507 e. The van der Waals surface area contributed by atoms with Gasteiger partial charge in [0.15, 0.2) is 19.4 Å². The summed E-state index contributed by atoms with van der Waals surface area (Å²) in [5, 5.41) is 9.99. The second-order valence-electron chi connectivity index (χ2n) is 5.05. The summed E-state index contributed by atoms with van der Waals surface area (Å²) in [6, 6.07) is 11.7. The van der Waals surface area contributed by atoms with Crippen LogP contribution in [0.25, 0.3) is 6.08 Å². The van der Waals surface area contributed by atoms with E-state index in [-0.39, 0.29) is 30.7 Å². The first-order valence-electron chi connectivity index (χ1n) is 7.53. The molecule has 0 heterocycles. The first kappa shape index (κ1) is 18.5. The Bertz CT molecular complexity index is 738. The second kappa shape index (κ2) is 9.46. The lowest BCUT2D eigenvalue weighted by molar-refractivity contribution is 0.0508. The molecule has 2 aromatic rings. The monoisotopic (exact) mass is 344 g/mol. The van der Waals surface area contributed by atoms with Crippen LogP contribution in [-0.4, -0.2) is 38.7 Å². The van der Waals surface area contributed by atoms with Crippen molar-refractivity contribution in [2.45, 2.75) is 0 Å². The highest BCUT2D eigenvalue weighted by atomic mass is 16.7. The van der Waals surface area contributed by atoms with Crippen LogP contribution in [0.15, 0.2) is 48.5 Å². The molecule has 1 N–H and O–H groups in total. The molecule has 0 aliphatic heterocycles. The van der Waals surface area contributed by atoms with Crippen molar-refractivity contribution in [3.05, 3.63) is 59.7 Å². The van der Waals surface area contributed by atoms with Gasteiger partial charge in [-0.3, -0.25) is 4.79 Å². The zero-order valence-corrected chi connectivity index (χ0v) is 14.1. The summed E-state index contributed by atoms with van der Waals surface area (Å²) in [4.78, 5) is 12.3. The lowest BCUT2D eigenvalue weighted by Gasteiger charge is -2.07. The molecule has 2 aromatic carbocycles. The van der Waals surface area contributed by atoms with E-state index in [2.05, 4.69) is 0 Å². The Labute approximate surface area is 146 Å². The zero-order chi connectivity index (χ0) is 18.1. The van der Waals surface area contributed by atoms with E-state index in [1.807, 2.05) is 12.1 Å². The standard InChI is InChI=1S/C19H20O6/c1-22-12-24-15-5-3-4-14(10-15)6-9-18(20)17-8-7-16(11-19(17)21)25-13-23-2/h3-11,21H,12-13H2,1-2H3/b9-6+. The number of carbonyl (C=O) groups excluding carboxylic acids is 1. The Hall–Kier alpha value is -2.83. The number of hydrogen-bond donors (Lipinski definition) is 1. The Kier molecular flexibility index (Phi) is 7.00. The van der Waals surface area contributed by atoms with Crippen LogP contribution in [0.5, 0.6) is 17.2 Å². The molecule has 0 aliphatic rings. The van der Waals surface area contributed by atoms with E-state index in [1.165, 1.54) is 25.3 Å². The molecule has 0 unspecified atom stereocenters. The molecule has 0 atom stereocenters. The minimum absolute atomic E-state index is 0.0636. The van der Waals surface area contributed by atoms with E-state index in [1.54, 1.807) is 31.4 Å². The van der Waals surface area contributed by atoms with Gasteiger partial charge in [0.05, 0.1) is 5.56 Å². The second-order valence-corrected chi connectivity index (χ2v) is 5.05. The average molecular weight is 344 g/mol. The van der Waals surface area contributed by atoms with Crippen LogP contribution < -0.4 is 9.47 Å². The number of phenols is 1. The number of phenolic OH excluding ortho intramolecular Hbond substituents is 1. The molecule has 0 fully saturated rings. The van der Waals surface area contributed by atoms with Gasteiger partial charge in [-0.1, -0.05) is 18.2 Å². The summed E-state index contributed by atoms with van der Waals surface area (Å²) in [5.41, 5.74) is 0.981. The van der Waals surface area contributed by atoms with Crippen LogP contribution in [0.2, 0.25) is 0 Å². The number of aromatic hydroxyl groups is 1. The van der Waals surface area contributed by atoms with Crippen molar-refractivity contribution in [3.8, 4) is 17.2 Å². The molecule has 6 heteroatoms. The summed E-state index contributed by atoms with van der Waals surface area (Å²) in [6.45, 7) is 0.214. The Morgan fingerprint density at radius 3 is 2.32 bits per heavy atom. The van der Waals surface area contributed by atoms with Crippen LogP contribution in [-0.2, 0) is 9.47 Å². The van der Waals surface area contributed by atoms with Crippen LogP contribution in [0.1, 0.15) is 15.9 Å². The zero-order valence-electron chi connectivity index (χ0n) is 14.1. The van der Waals surface area contributed by atoms with Gasteiger partial charge < -0.3 is 24.1 Å². The molecular weight excluding hydrogens is 324 g/mol. The number of ketones is 1. The predicted molar refractivity (Wildman–Crippen MR) is 92.9 cm³/mol. The number of hydrogen-bond acceptors (Lipinski definition) is 6. The Morgan fingerprint density at radius 2 is 1.68 bits per heavy atom. The summed E-state index contributed by atoms with van der Waals surface area (Å²) in [5.74, 6) is 0.584. The first-order chi connectivity index (χ1) is 12.1. The van der Waals surface area contributed by atoms with Crippen LogP contribution >= 0.6 is 0 Å². The van der Waals surface area contributed by atoms with Gasteiger partial charge in [-0.05, 0) is 35.9 Å². The van der Waals surface area contributed by atoms with Crippen molar-refractivity contribution in [2.75, 3.05) is 27.8 Å². The molecule has 0 saturated carbocycles. The highest BCUT2D eigenvalue weighted by molar-refractivity contribution is 6.08. The summed E-state index contributed by atoms with van der Waals surface area (Å²) >= 11 is 0. The minimum atomic E-state index is -0.320. The summed E-state index contributed by atoms with van der Waals surface area (Å²) in [6.07, 6.45) is 3.04. The topological polar surface area (TPSA) is 74.2 Å². The van der Waals surface area contributed by atoms with E-state index in [0.717, 1.165) is 5.56 Å². The third-order valence-corrected chi connectivity index (χ3v) is 3.21. The van der Waals surface area contributed by atoms with Crippen molar-refractivity contribution in [3.63, 3.8) is 0 Å². The number of rotatable bonds is 9. The maximum atomic E-state index is 12.3. The smallest absolute Gasteiger partial charge is 0.189 e. The van der Waals surface area contributed by atoms with E-state index in [9.17, 15) is 9.90 Å².